The largest absolute Gasteiger partial charge is 0.493 e. The highest BCUT2D eigenvalue weighted by Gasteiger charge is 2.59. The molecule has 0 aromatic heterocycles. The summed E-state index contributed by atoms with van der Waals surface area (Å²) in [5.74, 6) is 2.03. The number of hydrogen-bond acceptors (Lipinski definition) is 7. The number of methoxy groups -OCH3 is 5. The lowest BCUT2D eigenvalue weighted by atomic mass is 9.66. The molecule has 1 saturated heterocycles. The summed E-state index contributed by atoms with van der Waals surface area (Å²) in [6, 6.07) is 3.99. The number of ether oxygens (including phenoxy) is 6. The van der Waals surface area contributed by atoms with Crippen LogP contribution < -0.4 is 9.47 Å². The molecule has 0 radical (unpaired) electrons. The molecule has 0 amide bonds. The highest BCUT2D eigenvalue weighted by Crippen LogP contribution is 2.58. The first kappa shape index (κ1) is 20.8. The van der Waals surface area contributed by atoms with Gasteiger partial charge in [-0.1, -0.05) is 0 Å². The summed E-state index contributed by atoms with van der Waals surface area (Å²) in [6.45, 7) is 0.877. The molecule has 0 saturated carbocycles. The Morgan fingerprint density at radius 2 is 1.77 bits per heavy atom. The van der Waals surface area contributed by atoms with Crippen molar-refractivity contribution in [3.63, 3.8) is 0 Å². The average molecular weight is 416 g/mol. The lowest BCUT2D eigenvalue weighted by molar-refractivity contribution is -0.143. The molecular weight excluding hydrogens is 388 g/mol. The lowest BCUT2D eigenvalue weighted by Crippen LogP contribution is -2.54. The van der Waals surface area contributed by atoms with Crippen LogP contribution in [0.3, 0.4) is 0 Å². The van der Waals surface area contributed by atoms with Crippen molar-refractivity contribution >= 4 is 5.78 Å². The lowest BCUT2D eigenvalue weighted by Gasteiger charge is -2.49. The van der Waals surface area contributed by atoms with Gasteiger partial charge < -0.3 is 28.4 Å². The Morgan fingerprint density at radius 3 is 2.40 bits per heavy atom. The minimum Gasteiger partial charge on any atom is -0.493 e. The van der Waals surface area contributed by atoms with E-state index in [2.05, 4.69) is 0 Å². The van der Waals surface area contributed by atoms with Gasteiger partial charge in [0, 0.05) is 32.6 Å². The van der Waals surface area contributed by atoms with Gasteiger partial charge in [-0.25, -0.2) is 0 Å². The molecule has 2 bridgehead atoms. The summed E-state index contributed by atoms with van der Waals surface area (Å²) in [6.07, 6.45) is 4.73. The van der Waals surface area contributed by atoms with Crippen molar-refractivity contribution in [2.45, 2.75) is 23.9 Å². The second kappa shape index (κ2) is 7.63. The number of fused-ring (bicyclic) bond motifs is 1. The first-order valence-electron chi connectivity index (χ1n) is 9.92. The molecule has 1 fully saturated rings. The van der Waals surface area contributed by atoms with Gasteiger partial charge in [0.15, 0.2) is 17.3 Å². The van der Waals surface area contributed by atoms with Crippen molar-refractivity contribution < 1.29 is 33.2 Å². The fraction of sp³-hybridized carbons (Fsp3) is 0.522. The molecule has 2 aliphatic heterocycles. The van der Waals surface area contributed by atoms with E-state index >= 15 is 0 Å². The van der Waals surface area contributed by atoms with E-state index in [9.17, 15) is 4.79 Å². The molecule has 3 atom stereocenters. The number of hydrogen-bond donors (Lipinski definition) is 0. The molecule has 162 valence electrons. The van der Waals surface area contributed by atoms with Gasteiger partial charge in [-0.3, -0.25) is 4.79 Å². The van der Waals surface area contributed by atoms with E-state index in [0.29, 0.717) is 49.1 Å². The molecular formula is C23H28O7. The van der Waals surface area contributed by atoms with E-state index in [1.165, 1.54) is 7.11 Å². The van der Waals surface area contributed by atoms with Crippen LogP contribution >= 0.6 is 0 Å². The van der Waals surface area contributed by atoms with E-state index in [0.717, 1.165) is 11.1 Å². The zero-order valence-corrected chi connectivity index (χ0v) is 18.1. The second-order valence-electron chi connectivity index (χ2n) is 8.05. The van der Waals surface area contributed by atoms with E-state index in [-0.39, 0.29) is 11.7 Å². The minimum atomic E-state index is -0.663. The maximum absolute atomic E-state index is 12.6. The van der Waals surface area contributed by atoms with Crippen LogP contribution in [-0.4, -0.2) is 60.1 Å². The van der Waals surface area contributed by atoms with E-state index in [1.807, 2.05) is 18.2 Å². The Bertz CT molecular complexity index is 918. The van der Waals surface area contributed by atoms with Crippen LogP contribution in [0.4, 0.5) is 0 Å². The molecule has 7 heteroatoms. The molecule has 5 rings (SSSR count). The van der Waals surface area contributed by atoms with E-state index < -0.39 is 11.0 Å². The van der Waals surface area contributed by atoms with Gasteiger partial charge in [0.1, 0.15) is 11.4 Å². The fourth-order valence-electron chi connectivity index (χ4n) is 5.16. The number of benzene rings is 1. The number of allylic oxidation sites excluding steroid dienone is 2. The third-order valence-electron chi connectivity index (χ3n) is 6.50. The fourth-order valence-corrected chi connectivity index (χ4v) is 5.16. The van der Waals surface area contributed by atoms with Gasteiger partial charge in [-0.2, -0.15) is 0 Å². The van der Waals surface area contributed by atoms with Crippen molar-refractivity contribution in [3.8, 4) is 11.5 Å². The summed E-state index contributed by atoms with van der Waals surface area (Å²) in [4.78, 5) is 12.6. The topological polar surface area (TPSA) is 72.5 Å². The highest BCUT2D eigenvalue weighted by atomic mass is 16.5. The average Bonchev–Trinajstić information content (AvgIpc) is 2.91. The molecule has 0 N–H and O–H groups in total. The Kier molecular flexibility index (Phi) is 5.28. The summed E-state index contributed by atoms with van der Waals surface area (Å²) in [7, 11) is 8.10. The summed E-state index contributed by atoms with van der Waals surface area (Å²) >= 11 is 0. The molecule has 1 aromatic rings. The third-order valence-corrected chi connectivity index (χ3v) is 6.50. The Hall–Kier alpha value is -2.51. The Morgan fingerprint density at radius 1 is 1.03 bits per heavy atom. The third kappa shape index (κ3) is 2.91. The van der Waals surface area contributed by atoms with Crippen LogP contribution in [0.15, 0.2) is 35.8 Å². The van der Waals surface area contributed by atoms with Crippen LogP contribution in [0.2, 0.25) is 0 Å². The quantitative estimate of drug-likeness (QED) is 0.676. The van der Waals surface area contributed by atoms with Gasteiger partial charge in [-0.05, 0) is 35.8 Å². The van der Waals surface area contributed by atoms with Crippen LogP contribution in [0.5, 0.6) is 11.5 Å². The van der Waals surface area contributed by atoms with Gasteiger partial charge in [0.05, 0.1) is 40.0 Å². The Labute approximate surface area is 176 Å². The first-order valence-corrected chi connectivity index (χ1v) is 9.92. The minimum absolute atomic E-state index is 0.0338. The van der Waals surface area contributed by atoms with Gasteiger partial charge in [0.25, 0.3) is 0 Å². The molecule has 0 unspecified atom stereocenters. The molecule has 2 heterocycles. The van der Waals surface area contributed by atoms with Gasteiger partial charge in [-0.15, -0.1) is 0 Å². The summed E-state index contributed by atoms with van der Waals surface area (Å²) in [5.41, 5.74) is 0.757. The molecule has 1 spiro atoms. The van der Waals surface area contributed by atoms with Crippen molar-refractivity contribution in [2.24, 2.45) is 5.92 Å². The predicted octanol–water partition coefficient (Wildman–Crippen LogP) is 2.56. The van der Waals surface area contributed by atoms with Crippen molar-refractivity contribution in [1.29, 1.82) is 0 Å². The van der Waals surface area contributed by atoms with Crippen molar-refractivity contribution in [3.05, 3.63) is 46.9 Å². The van der Waals surface area contributed by atoms with Crippen LogP contribution in [-0.2, 0) is 35.6 Å². The number of carbonyl (C=O) groups is 1. The summed E-state index contributed by atoms with van der Waals surface area (Å²) in [5, 5.41) is 0. The number of rotatable bonds is 7. The van der Waals surface area contributed by atoms with Gasteiger partial charge >= 0.3 is 0 Å². The zero-order valence-electron chi connectivity index (χ0n) is 18.1. The maximum Gasteiger partial charge on any atom is 0.223 e. The second-order valence-corrected chi connectivity index (χ2v) is 8.05. The number of carbonyl (C=O) groups excluding carboxylic acids is 1. The molecule has 2 aliphatic carbocycles. The first-order chi connectivity index (χ1) is 14.5. The number of ketones is 1. The van der Waals surface area contributed by atoms with Gasteiger partial charge in [0.2, 0.25) is 5.78 Å². The maximum atomic E-state index is 12.6. The molecule has 7 nitrogen and oxygen atoms in total. The van der Waals surface area contributed by atoms with Crippen LogP contribution in [0.25, 0.3) is 0 Å². The predicted molar refractivity (Wildman–Crippen MR) is 109 cm³/mol. The Balaban J connectivity index is 2.02. The normalized spacial score (nSPS) is 29.1. The molecule has 4 aliphatic rings. The standard InChI is InChI=1S/C23H28O7/c1-25-12-15-10-22-11-20(29-5)17(24)8-21(22)30-23(15,13-26-2)9-14-6-18(27-3)19(28-4)7-16(14)22/h6-8,11,15H,9-10,12-13H2,1-5H3/t15-,22+,23+/m0/s1. The van der Waals surface area contributed by atoms with Crippen molar-refractivity contribution in [1.82, 2.24) is 0 Å². The van der Waals surface area contributed by atoms with Crippen molar-refractivity contribution in [2.75, 3.05) is 48.8 Å². The molecule has 1 aromatic carbocycles. The smallest absolute Gasteiger partial charge is 0.223 e. The highest BCUT2D eigenvalue weighted by molar-refractivity contribution is 6.04. The monoisotopic (exact) mass is 416 g/mol. The van der Waals surface area contributed by atoms with Crippen LogP contribution in [0.1, 0.15) is 17.5 Å². The summed E-state index contributed by atoms with van der Waals surface area (Å²) < 4.78 is 34.4. The van der Waals surface area contributed by atoms with E-state index in [1.54, 1.807) is 34.5 Å². The zero-order chi connectivity index (χ0) is 21.5. The van der Waals surface area contributed by atoms with Crippen LogP contribution in [0, 0.1) is 5.92 Å². The SMILES string of the molecule is COC[C@@H]1C[C@]23C=C(OC)C(=O)C=C2O[C@@]1(COC)Cc1cc(OC)c(OC)cc13. The van der Waals surface area contributed by atoms with E-state index in [4.69, 9.17) is 28.4 Å². The molecule has 30 heavy (non-hydrogen) atoms.